The Morgan fingerprint density at radius 1 is 0.923 bits per heavy atom. The number of esters is 1. The zero-order chi connectivity index (χ0) is 19.0. The maximum atomic E-state index is 11.8. The number of aliphatic hydroxyl groups is 2. The number of hydrogen-bond donors (Lipinski definition) is 2. The van der Waals surface area contributed by atoms with Gasteiger partial charge >= 0.3 is 5.97 Å². The summed E-state index contributed by atoms with van der Waals surface area (Å²) in [7, 11) is 0. The van der Waals surface area contributed by atoms with Crippen molar-refractivity contribution in [2.75, 3.05) is 13.2 Å². The van der Waals surface area contributed by atoms with Crippen LogP contribution in [0.1, 0.15) is 96.8 Å². The molecule has 5 heteroatoms. The maximum absolute atomic E-state index is 11.8. The number of unbranched alkanes of at least 4 members (excludes halogenated alkanes) is 12. The number of carbonyl (C=O) groups excluding carboxylic acids is 1. The van der Waals surface area contributed by atoms with Crippen molar-refractivity contribution in [2.24, 2.45) is 0 Å². The molecule has 1 rings (SSSR count). The Labute approximate surface area is 159 Å². The van der Waals surface area contributed by atoms with Gasteiger partial charge in [-0.3, -0.25) is 4.79 Å². The minimum absolute atomic E-state index is 0.113. The van der Waals surface area contributed by atoms with Gasteiger partial charge in [-0.05, 0) is 6.42 Å². The smallest absolute Gasteiger partial charge is 0.306 e. The van der Waals surface area contributed by atoms with Gasteiger partial charge in [-0.2, -0.15) is 0 Å². The quantitative estimate of drug-likeness (QED) is 0.315. The second-order valence-electron chi connectivity index (χ2n) is 7.57. The molecule has 0 spiro atoms. The summed E-state index contributed by atoms with van der Waals surface area (Å²) in [5.74, 6) is -0.305. The normalized spacial score (nSPS) is 22.7. The average molecular weight is 373 g/mol. The van der Waals surface area contributed by atoms with Crippen LogP contribution in [0.5, 0.6) is 0 Å². The third-order valence-corrected chi connectivity index (χ3v) is 5.16. The van der Waals surface area contributed by atoms with E-state index in [1.165, 1.54) is 64.2 Å². The van der Waals surface area contributed by atoms with E-state index < -0.39 is 18.3 Å². The molecule has 26 heavy (non-hydrogen) atoms. The summed E-state index contributed by atoms with van der Waals surface area (Å²) in [6.07, 6.45) is 14.7. The lowest BCUT2D eigenvalue weighted by atomic mass is 10.0. The van der Waals surface area contributed by atoms with Gasteiger partial charge in [0.15, 0.2) is 6.10 Å². The van der Waals surface area contributed by atoms with Crippen LogP contribution in [0.25, 0.3) is 0 Å². The molecule has 0 aromatic carbocycles. The van der Waals surface area contributed by atoms with Gasteiger partial charge in [-0.25, -0.2) is 0 Å². The molecule has 1 saturated heterocycles. The number of carbonyl (C=O) groups is 1. The molecular formula is C21H40O5. The molecule has 0 aliphatic carbocycles. The lowest BCUT2D eigenvalue weighted by Gasteiger charge is -2.19. The van der Waals surface area contributed by atoms with Crippen LogP contribution in [-0.2, 0) is 14.3 Å². The minimum Gasteiger partial charge on any atom is -0.457 e. The van der Waals surface area contributed by atoms with Crippen molar-refractivity contribution < 1.29 is 24.5 Å². The van der Waals surface area contributed by atoms with Crippen molar-refractivity contribution in [3.05, 3.63) is 0 Å². The molecule has 0 aromatic rings. The molecule has 0 unspecified atom stereocenters. The van der Waals surface area contributed by atoms with Crippen molar-refractivity contribution in [3.63, 3.8) is 0 Å². The van der Waals surface area contributed by atoms with Gasteiger partial charge in [0.05, 0.1) is 13.2 Å². The van der Waals surface area contributed by atoms with E-state index in [4.69, 9.17) is 14.6 Å². The van der Waals surface area contributed by atoms with E-state index in [1.807, 2.05) is 0 Å². The molecule has 0 aromatic heterocycles. The molecule has 5 nitrogen and oxygen atoms in total. The summed E-state index contributed by atoms with van der Waals surface area (Å²) in [6, 6.07) is 0. The van der Waals surface area contributed by atoms with Crippen LogP contribution in [0.4, 0.5) is 0 Å². The summed E-state index contributed by atoms with van der Waals surface area (Å²) in [5, 5.41) is 18.8. The summed E-state index contributed by atoms with van der Waals surface area (Å²) in [6.45, 7) is 2.13. The lowest BCUT2D eigenvalue weighted by Crippen LogP contribution is -2.37. The van der Waals surface area contributed by atoms with E-state index in [2.05, 4.69) is 6.92 Å². The maximum Gasteiger partial charge on any atom is 0.306 e. The SMILES string of the molecule is CCCCCCCCCCCCCCCC(=O)O[C@@H]1[C@@H](O)CO[C@@H]1CO. The monoisotopic (exact) mass is 372 g/mol. The first-order valence-corrected chi connectivity index (χ1v) is 10.8. The van der Waals surface area contributed by atoms with Crippen LogP contribution in [0.3, 0.4) is 0 Å². The zero-order valence-corrected chi connectivity index (χ0v) is 16.7. The molecule has 3 atom stereocenters. The topological polar surface area (TPSA) is 76.0 Å². The van der Waals surface area contributed by atoms with E-state index in [0.717, 1.165) is 19.3 Å². The van der Waals surface area contributed by atoms with Gasteiger partial charge in [-0.15, -0.1) is 0 Å². The van der Waals surface area contributed by atoms with Crippen molar-refractivity contribution in [3.8, 4) is 0 Å². The fourth-order valence-corrected chi connectivity index (χ4v) is 3.47. The summed E-state index contributed by atoms with van der Waals surface area (Å²) >= 11 is 0. The van der Waals surface area contributed by atoms with E-state index in [-0.39, 0.29) is 19.2 Å². The summed E-state index contributed by atoms with van der Waals surface area (Å²) in [5.41, 5.74) is 0. The molecule has 0 saturated carbocycles. The fourth-order valence-electron chi connectivity index (χ4n) is 3.47. The van der Waals surface area contributed by atoms with Gasteiger partial charge in [-0.1, -0.05) is 84.0 Å². The van der Waals surface area contributed by atoms with Crippen LogP contribution < -0.4 is 0 Å². The van der Waals surface area contributed by atoms with Crippen LogP contribution in [-0.4, -0.2) is 47.7 Å². The predicted octanol–water partition coefficient (Wildman–Crippen LogP) is 4.13. The highest BCUT2D eigenvalue weighted by Gasteiger charge is 2.38. The highest BCUT2D eigenvalue weighted by atomic mass is 16.6. The first-order valence-electron chi connectivity index (χ1n) is 10.8. The summed E-state index contributed by atoms with van der Waals surface area (Å²) in [4.78, 5) is 11.8. The van der Waals surface area contributed by atoms with Crippen molar-refractivity contribution in [2.45, 2.75) is 115 Å². The van der Waals surface area contributed by atoms with Crippen molar-refractivity contribution in [1.82, 2.24) is 0 Å². The predicted molar refractivity (Wildman–Crippen MR) is 103 cm³/mol. The second kappa shape index (κ2) is 15.4. The molecule has 0 radical (unpaired) electrons. The average Bonchev–Trinajstić information content (AvgIpc) is 2.98. The second-order valence-corrected chi connectivity index (χ2v) is 7.57. The third-order valence-electron chi connectivity index (χ3n) is 5.16. The molecule has 2 N–H and O–H groups in total. The Morgan fingerprint density at radius 3 is 1.92 bits per heavy atom. The number of ether oxygens (including phenoxy) is 2. The first kappa shape index (κ1) is 23.4. The van der Waals surface area contributed by atoms with E-state index >= 15 is 0 Å². The van der Waals surface area contributed by atoms with E-state index in [9.17, 15) is 9.90 Å². The number of aliphatic hydroxyl groups excluding tert-OH is 2. The Hall–Kier alpha value is -0.650. The van der Waals surface area contributed by atoms with Crippen LogP contribution in [0.2, 0.25) is 0 Å². The van der Waals surface area contributed by atoms with E-state index in [0.29, 0.717) is 6.42 Å². The molecule has 1 heterocycles. The molecule has 1 fully saturated rings. The highest BCUT2D eigenvalue weighted by molar-refractivity contribution is 5.69. The third kappa shape index (κ3) is 10.5. The zero-order valence-electron chi connectivity index (χ0n) is 16.7. The molecule has 0 bridgehead atoms. The van der Waals surface area contributed by atoms with Gasteiger partial charge in [0.2, 0.25) is 0 Å². The van der Waals surface area contributed by atoms with Crippen molar-refractivity contribution in [1.29, 1.82) is 0 Å². The Bertz CT molecular complexity index is 347. The van der Waals surface area contributed by atoms with E-state index in [1.54, 1.807) is 0 Å². The lowest BCUT2D eigenvalue weighted by molar-refractivity contribution is -0.156. The molecule has 1 aliphatic rings. The Morgan fingerprint density at radius 2 is 1.42 bits per heavy atom. The van der Waals surface area contributed by atoms with Gasteiger partial charge in [0.25, 0.3) is 0 Å². The number of rotatable bonds is 16. The summed E-state index contributed by atoms with van der Waals surface area (Å²) < 4.78 is 10.4. The number of hydrogen-bond acceptors (Lipinski definition) is 5. The molecule has 0 amide bonds. The van der Waals surface area contributed by atoms with Crippen LogP contribution in [0, 0.1) is 0 Å². The fraction of sp³-hybridized carbons (Fsp3) is 0.952. The minimum atomic E-state index is -0.831. The first-order chi connectivity index (χ1) is 12.7. The molecule has 154 valence electrons. The highest BCUT2D eigenvalue weighted by Crippen LogP contribution is 2.19. The van der Waals surface area contributed by atoms with Gasteiger partial charge in [0, 0.05) is 6.42 Å². The molecular weight excluding hydrogens is 332 g/mol. The Balaban J connectivity index is 1.87. The largest absolute Gasteiger partial charge is 0.457 e. The van der Waals surface area contributed by atoms with Gasteiger partial charge in [0.1, 0.15) is 12.2 Å². The van der Waals surface area contributed by atoms with Crippen LogP contribution >= 0.6 is 0 Å². The standard InChI is InChI=1S/C21H40O5/c1-2-3-4-5-6-7-8-9-10-11-12-13-14-15-20(24)26-21-18(23)17-25-19(21)16-22/h18-19,21-23H,2-17H2,1H3/t18-,19+,21+/m0/s1. The van der Waals surface area contributed by atoms with Crippen molar-refractivity contribution >= 4 is 5.97 Å². The molecule has 1 aliphatic heterocycles. The van der Waals surface area contributed by atoms with Gasteiger partial charge < -0.3 is 19.7 Å². The van der Waals surface area contributed by atoms with Crippen LogP contribution in [0.15, 0.2) is 0 Å². The Kier molecular flexibility index (Phi) is 13.9.